The van der Waals surface area contributed by atoms with E-state index in [1.54, 1.807) is 49.5 Å². The maximum atomic E-state index is 13.3. The highest BCUT2D eigenvalue weighted by atomic mass is 32.2. The van der Waals surface area contributed by atoms with Crippen LogP contribution in [0.25, 0.3) is 5.69 Å². The molecule has 1 amide bonds. The molecule has 0 saturated heterocycles. The Balaban J connectivity index is 1.55. The molecule has 1 unspecified atom stereocenters. The number of sulfonamides is 1. The Morgan fingerprint density at radius 1 is 1.00 bits per heavy atom. The predicted molar refractivity (Wildman–Crippen MR) is 137 cm³/mol. The summed E-state index contributed by atoms with van der Waals surface area (Å²) < 4.78 is 29.9. The van der Waals surface area contributed by atoms with Gasteiger partial charge < -0.3 is 5.32 Å². The molecule has 3 aromatic carbocycles. The van der Waals surface area contributed by atoms with E-state index in [2.05, 4.69) is 10.4 Å². The number of hydrogen-bond acceptors (Lipinski definition) is 4. The Morgan fingerprint density at radius 3 is 2.31 bits per heavy atom. The predicted octanol–water partition coefficient (Wildman–Crippen LogP) is 4.89. The average molecular weight is 489 g/mol. The fourth-order valence-electron chi connectivity index (χ4n) is 4.05. The van der Waals surface area contributed by atoms with Crippen LogP contribution in [0.3, 0.4) is 0 Å². The molecule has 8 heteroatoms. The van der Waals surface area contributed by atoms with Crippen molar-refractivity contribution in [2.75, 3.05) is 10.8 Å². The van der Waals surface area contributed by atoms with Gasteiger partial charge in [0, 0.05) is 23.4 Å². The lowest BCUT2D eigenvalue weighted by Crippen LogP contribution is -2.31. The number of carbonyl (C=O) groups excluding carboxylic acids is 1. The first kappa shape index (κ1) is 24.2. The minimum absolute atomic E-state index is 0.0663. The maximum absolute atomic E-state index is 13.3. The third-order valence-corrected chi connectivity index (χ3v) is 7.78. The molecule has 1 heterocycles. The van der Waals surface area contributed by atoms with Crippen LogP contribution < -0.4 is 9.62 Å². The van der Waals surface area contributed by atoms with Crippen molar-refractivity contribution in [3.05, 3.63) is 108 Å². The zero-order chi connectivity index (χ0) is 25.0. The Kier molecular flexibility index (Phi) is 7.02. The normalized spacial score (nSPS) is 12.2. The highest BCUT2D eigenvalue weighted by Gasteiger charge is 2.25. The highest BCUT2D eigenvalue weighted by Crippen LogP contribution is 2.25. The SMILES string of the molecule is CCN(c1ccccc1)S(=O)(=O)c1cccc(C(=O)NC(C)c2cnn(-c3ccccc3)c2C)c1. The van der Waals surface area contributed by atoms with E-state index < -0.39 is 10.0 Å². The van der Waals surface area contributed by atoms with Gasteiger partial charge in [0.1, 0.15) is 0 Å². The number of benzene rings is 3. The summed E-state index contributed by atoms with van der Waals surface area (Å²) in [5.74, 6) is -0.357. The Hall–Kier alpha value is -3.91. The van der Waals surface area contributed by atoms with Crippen molar-refractivity contribution in [2.24, 2.45) is 0 Å². The lowest BCUT2D eigenvalue weighted by molar-refractivity contribution is 0.0939. The molecule has 180 valence electrons. The molecule has 0 bridgehead atoms. The molecule has 0 aliphatic carbocycles. The first-order valence-corrected chi connectivity index (χ1v) is 12.9. The van der Waals surface area contributed by atoms with Crippen LogP contribution in [0.2, 0.25) is 0 Å². The smallest absolute Gasteiger partial charge is 0.264 e. The summed E-state index contributed by atoms with van der Waals surface area (Å²) in [5.41, 5.74) is 3.58. The van der Waals surface area contributed by atoms with Crippen molar-refractivity contribution < 1.29 is 13.2 Å². The lowest BCUT2D eigenvalue weighted by Gasteiger charge is -2.23. The topological polar surface area (TPSA) is 84.3 Å². The van der Waals surface area contributed by atoms with Crippen LogP contribution in [0, 0.1) is 6.92 Å². The lowest BCUT2D eigenvalue weighted by atomic mass is 10.1. The van der Waals surface area contributed by atoms with Crippen molar-refractivity contribution in [1.82, 2.24) is 15.1 Å². The summed E-state index contributed by atoms with van der Waals surface area (Å²) in [7, 11) is -3.83. The van der Waals surface area contributed by atoms with E-state index in [1.165, 1.54) is 16.4 Å². The fraction of sp³-hybridized carbons (Fsp3) is 0.185. The summed E-state index contributed by atoms with van der Waals surface area (Å²) in [4.78, 5) is 13.1. The third kappa shape index (κ3) is 4.97. The van der Waals surface area contributed by atoms with Gasteiger partial charge in [-0.25, -0.2) is 13.1 Å². The first-order chi connectivity index (χ1) is 16.8. The van der Waals surface area contributed by atoms with Gasteiger partial charge >= 0.3 is 0 Å². The Morgan fingerprint density at radius 2 is 1.66 bits per heavy atom. The zero-order valence-corrected chi connectivity index (χ0v) is 20.7. The van der Waals surface area contributed by atoms with E-state index in [4.69, 9.17) is 0 Å². The van der Waals surface area contributed by atoms with Crippen LogP contribution in [0.4, 0.5) is 5.69 Å². The molecule has 7 nitrogen and oxygen atoms in total. The maximum Gasteiger partial charge on any atom is 0.264 e. The molecule has 1 aromatic heterocycles. The summed E-state index contributed by atoms with van der Waals surface area (Å²) >= 11 is 0. The van der Waals surface area contributed by atoms with E-state index in [9.17, 15) is 13.2 Å². The molecule has 0 aliphatic rings. The molecular formula is C27H28N4O3S. The molecular weight excluding hydrogens is 460 g/mol. The molecule has 1 atom stereocenters. The molecule has 0 spiro atoms. The number of hydrogen-bond donors (Lipinski definition) is 1. The van der Waals surface area contributed by atoms with Crippen molar-refractivity contribution in [1.29, 1.82) is 0 Å². The second-order valence-electron chi connectivity index (χ2n) is 8.16. The number of nitrogens with zero attached hydrogens (tertiary/aromatic N) is 3. The van der Waals surface area contributed by atoms with Crippen LogP contribution in [0.15, 0.2) is 96.0 Å². The van der Waals surface area contributed by atoms with Crippen molar-refractivity contribution >= 4 is 21.6 Å². The second-order valence-corrected chi connectivity index (χ2v) is 10.0. The molecule has 1 N–H and O–H groups in total. The minimum Gasteiger partial charge on any atom is -0.345 e. The first-order valence-electron chi connectivity index (χ1n) is 11.4. The van der Waals surface area contributed by atoms with Crippen LogP contribution in [-0.4, -0.2) is 30.7 Å². The van der Waals surface area contributed by atoms with Gasteiger partial charge in [-0.3, -0.25) is 9.10 Å². The van der Waals surface area contributed by atoms with Gasteiger partial charge in [0.05, 0.1) is 28.5 Å². The monoisotopic (exact) mass is 488 g/mol. The van der Waals surface area contributed by atoms with Crippen molar-refractivity contribution in [3.8, 4) is 5.69 Å². The highest BCUT2D eigenvalue weighted by molar-refractivity contribution is 7.92. The number of amides is 1. The van der Waals surface area contributed by atoms with E-state index in [0.717, 1.165) is 16.9 Å². The fourth-order valence-corrected chi connectivity index (χ4v) is 5.57. The van der Waals surface area contributed by atoms with E-state index in [1.807, 2.05) is 54.9 Å². The van der Waals surface area contributed by atoms with E-state index in [-0.39, 0.29) is 29.0 Å². The summed E-state index contributed by atoms with van der Waals surface area (Å²) in [6, 6.07) is 24.5. The Labute approximate surface area is 206 Å². The zero-order valence-electron chi connectivity index (χ0n) is 19.9. The van der Waals surface area contributed by atoms with Gasteiger partial charge in [-0.1, -0.05) is 42.5 Å². The quantitative estimate of drug-likeness (QED) is 0.383. The largest absolute Gasteiger partial charge is 0.345 e. The van der Waals surface area contributed by atoms with E-state index in [0.29, 0.717) is 5.69 Å². The standard InChI is InChI=1S/C27H28N4O3S/c1-4-30(23-13-7-5-8-14-23)35(33,34)25-17-11-12-22(18-25)27(32)29-20(2)26-19-28-31(21(26)3)24-15-9-6-10-16-24/h5-20H,4H2,1-3H3,(H,29,32). The number of nitrogens with one attached hydrogen (secondary N) is 1. The van der Waals surface area contributed by atoms with Gasteiger partial charge in [-0.05, 0) is 63.2 Å². The number of anilines is 1. The molecule has 35 heavy (non-hydrogen) atoms. The van der Waals surface area contributed by atoms with Crippen LogP contribution in [0.5, 0.6) is 0 Å². The summed E-state index contributed by atoms with van der Waals surface area (Å²) in [6.07, 6.45) is 1.74. The molecule has 0 radical (unpaired) electrons. The van der Waals surface area contributed by atoms with E-state index >= 15 is 0 Å². The van der Waals surface area contributed by atoms with Crippen LogP contribution in [0.1, 0.15) is 41.5 Å². The van der Waals surface area contributed by atoms with Gasteiger partial charge in [0.25, 0.3) is 15.9 Å². The van der Waals surface area contributed by atoms with Gasteiger partial charge in [-0.2, -0.15) is 5.10 Å². The number of aromatic nitrogens is 2. The molecule has 0 saturated carbocycles. The number of carbonyl (C=O) groups is 1. The average Bonchev–Trinajstić information content (AvgIpc) is 3.27. The van der Waals surface area contributed by atoms with Crippen LogP contribution >= 0.6 is 0 Å². The second kappa shape index (κ2) is 10.1. The van der Waals surface area contributed by atoms with Gasteiger partial charge in [-0.15, -0.1) is 0 Å². The minimum atomic E-state index is -3.83. The molecule has 4 aromatic rings. The number of para-hydroxylation sites is 2. The number of rotatable bonds is 8. The third-order valence-electron chi connectivity index (χ3n) is 5.88. The molecule has 4 rings (SSSR count). The molecule has 0 fully saturated rings. The van der Waals surface area contributed by atoms with Crippen molar-refractivity contribution in [3.63, 3.8) is 0 Å². The van der Waals surface area contributed by atoms with Crippen molar-refractivity contribution in [2.45, 2.75) is 31.7 Å². The Bertz CT molecular complexity index is 1420. The summed E-state index contributed by atoms with van der Waals surface area (Å²) in [6.45, 7) is 5.88. The molecule has 0 aliphatic heterocycles. The summed E-state index contributed by atoms with van der Waals surface area (Å²) in [5, 5.41) is 7.44. The van der Waals surface area contributed by atoms with Gasteiger partial charge in [0.2, 0.25) is 0 Å². The van der Waals surface area contributed by atoms with Gasteiger partial charge in [0.15, 0.2) is 0 Å². The van der Waals surface area contributed by atoms with Crippen LogP contribution in [-0.2, 0) is 10.0 Å².